The van der Waals surface area contributed by atoms with E-state index in [-0.39, 0.29) is 5.75 Å². The second-order valence-corrected chi connectivity index (χ2v) is 6.63. The number of hydrogen-bond acceptors (Lipinski definition) is 4. The molecule has 1 saturated heterocycles. The number of aromatic nitrogens is 2. The quantitative estimate of drug-likeness (QED) is 0.919. The lowest BCUT2D eigenvalue weighted by Crippen LogP contribution is -2.48. The van der Waals surface area contributed by atoms with Gasteiger partial charge in [0.1, 0.15) is 29.6 Å². The van der Waals surface area contributed by atoms with Crippen molar-refractivity contribution in [2.75, 3.05) is 13.1 Å². The van der Waals surface area contributed by atoms with Crippen LogP contribution in [-0.2, 0) is 13.6 Å². The molecule has 0 spiro atoms. The highest BCUT2D eigenvalue weighted by Gasteiger charge is 2.30. The Morgan fingerprint density at radius 3 is 2.48 bits per heavy atom. The van der Waals surface area contributed by atoms with Crippen LogP contribution in [0.4, 0.5) is 8.78 Å². The van der Waals surface area contributed by atoms with Crippen molar-refractivity contribution >= 4 is 0 Å². The lowest BCUT2D eigenvalue weighted by atomic mass is 10.0. The van der Waals surface area contributed by atoms with E-state index < -0.39 is 23.8 Å². The molecule has 5 nitrogen and oxygen atoms in total. The molecule has 0 aliphatic carbocycles. The van der Waals surface area contributed by atoms with E-state index in [0.717, 1.165) is 36.1 Å². The number of piperidine rings is 1. The molecule has 3 rings (SSSR count). The van der Waals surface area contributed by atoms with Gasteiger partial charge in [0.15, 0.2) is 0 Å². The minimum absolute atomic E-state index is 0.106. The number of hydrogen-bond donors (Lipinski definition) is 1. The number of rotatable bonds is 4. The Morgan fingerprint density at radius 1 is 1.24 bits per heavy atom. The van der Waals surface area contributed by atoms with E-state index in [1.807, 2.05) is 25.6 Å². The number of β-amino-alcohol motifs (C(OH)–C–C–N with tert-alkyl or cyclic N) is 1. The second-order valence-electron chi connectivity index (χ2n) is 6.63. The van der Waals surface area contributed by atoms with Crippen molar-refractivity contribution in [2.45, 2.75) is 39.0 Å². The third-order valence-corrected chi connectivity index (χ3v) is 4.77. The first kappa shape index (κ1) is 17.8. The maximum atomic E-state index is 13.3. The molecule has 1 aliphatic heterocycles. The van der Waals surface area contributed by atoms with Gasteiger partial charge in [-0.15, -0.1) is 0 Å². The van der Waals surface area contributed by atoms with E-state index in [0.29, 0.717) is 19.5 Å². The third kappa shape index (κ3) is 3.99. The molecule has 1 aromatic heterocycles. The lowest BCUT2D eigenvalue weighted by molar-refractivity contribution is -0.0278. The molecule has 7 heteroatoms. The summed E-state index contributed by atoms with van der Waals surface area (Å²) in [6.07, 6.45) is -0.622. The highest BCUT2D eigenvalue weighted by molar-refractivity contribution is 5.25. The molecule has 1 aliphatic rings. The zero-order valence-corrected chi connectivity index (χ0v) is 14.7. The van der Waals surface area contributed by atoms with Crippen LogP contribution in [0.3, 0.4) is 0 Å². The zero-order chi connectivity index (χ0) is 18.1. The number of aliphatic hydroxyl groups is 1. The fourth-order valence-electron chi connectivity index (χ4n) is 3.30. The molecular weight excluding hydrogens is 328 g/mol. The van der Waals surface area contributed by atoms with E-state index in [1.54, 1.807) is 0 Å². The topological polar surface area (TPSA) is 50.5 Å². The number of likely N-dealkylation sites (tertiary alicyclic amines) is 1. The molecule has 0 radical (unpaired) electrons. The molecule has 0 unspecified atom stereocenters. The second kappa shape index (κ2) is 7.09. The Bertz CT molecular complexity index is 743. The third-order valence-electron chi connectivity index (χ3n) is 4.77. The van der Waals surface area contributed by atoms with Gasteiger partial charge >= 0.3 is 0 Å². The molecule has 1 N–H and O–H groups in total. The van der Waals surface area contributed by atoms with E-state index in [2.05, 4.69) is 10.00 Å². The molecule has 1 aromatic carbocycles. The number of aliphatic hydroxyl groups excluding tert-OH is 1. The monoisotopic (exact) mass is 351 g/mol. The van der Waals surface area contributed by atoms with E-state index in [4.69, 9.17) is 4.74 Å². The average Bonchev–Trinajstić information content (AvgIpc) is 2.75. The molecule has 2 heterocycles. The van der Waals surface area contributed by atoms with Gasteiger partial charge in [0.25, 0.3) is 0 Å². The first-order valence-corrected chi connectivity index (χ1v) is 8.35. The summed E-state index contributed by atoms with van der Waals surface area (Å²) in [5, 5.41) is 14.8. The summed E-state index contributed by atoms with van der Waals surface area (Å²) in [5.74, 6) is -1.28. The number of aryl methyl sites for hydroxylation is 2. The van der Waals surface area contributed by atoms with Gasteiger partial charge in [-0.1, -0.05) is 0 Å². The minimum Gasteiger partial charge on any atom is -0.487 e. The molecule has 0 amide bonds. The summed E-state index contributed by atoms with van der Waals surface area (Å²) in [6.45, 7) is 5.89. The molecule has 0 saturated carbocycles. The van der Waals surface area contributed by atoms with Crippen LogP contribution in [0.5, 0.6) is 5.75 Å². The molecular formula is C18H23F2N3O2. The molecule has 25 heavy (non-hydrogen) atoms. The Hall–Kier alpha value is -1.99. The van der Waals surface area contributed by atoms with Crippen molar-refractivity contribution in [1.29, 1.82) is 0 Å². The molecule has 136 valence electrons. The minimum atomic E-state index is -0.725. The summed E-state index contributed by atoms with van der Waals surface area (Å²) in [6, 6.07) is 3.06. The van der Waals surface area contributed by atoms with Crippen molar-refractivity contribution in [1.82, 2.24) is 14.7 Å². The molecule has 0 bridgehead atoms. The molecule has 2 atom stereocenters. The van der Waals surface area contributed by atoms with Gasteiger partial charge in [0, 0.05) is 56.1 Å². The standard InChI is InChI=1S/C18H23F2N3O2/c1-11-16(12(2)22(3)21-11)9-23-5-4-18(17(24)10-23)25-15-7-13(19)6-14(20)8-15/h6-8,17-18,24H,4-5,9-10H2,1-3H3/t17-,18-/m1/s1. The van der Waals surface area contributed by atoms with Crippen LogP contribution in [0.15, 0.2) is 18.2 Å². The van der Waals surface area contributed by atoms with E-state index in [1.165, 1.54) is 5.56 Å². The summed E-state index contributed by atoms with van der Waals surface area (Å²) in [4.78, 5) is 2.15. The Labute approximate surface area is 145 Å². The van der Waals surface area contributed by atoms with Gasteiger partial charge in [0.05, 0.1) is 5.69 Å². The lowest BCUT2D eigenvalue weighted by Gasteiger charge is -2.36. The number of nitrogens with zero attached hydrogens (tertiary/aromatic N) is 3. The van der Waals surface area contributed by atoms with Crippen molar-refractivity contribution in [3.8, 4) is 5.75 Å². The Balaban J connectivity index is 1.62. The highest BCUT2D eigenvalue weighted by atomic mass is 19.1. The van der Waals surface area contributed by atoms with Gasteiger partial charge in [0.2, 0.25) is 0 Å². The van der Waals surface area contributed by atoms with Gasteiger partial charge in [-0.2, -0.15) is 5.10 Å². The average molecular weight is 351 g/mol. The highest BCUT2D eigenvalue weighted by Crippen LogP contribution is 2.23. The normalized spacial score (nSPS) is 21.5. The van der Waals surface area contributed by atoms with Crippen molar-refractivity contribution in [3.05, 3.63) is 46.8 Å². The summed E-state index contributed by atoms with van der Waals surface area (Å²) >= 11 is 0. The van der Waals surface area contributed by atoms with Crippen LogP contribution in [0.2, 0.25) is 0 Å². The molecule has 1 fully saturated rings. The number of halogens is 2. The molecule has 2 aromatic rings. The Morgan fingerprint density at radius 2 is 1.92 bits per heavy atom. The smallest absolute Gasteiger partial charge is 0.129 e. The summed E-state index contributed by atoms with van der Waals surface area (Å²) in [5.41, 5.74) is 3.27. The van der Waals surface area contributed by atoms with Crippen molar-refractivity contribution < 1.29 is 18.6 Å². The summed E-state index contributed by atoms with van der Waals surface area (Å²) < 4.78 is 34.0. The van der Waals surface area contributed by atoms with Crippen molar-refractivity contribution in [2.24, 2.45) is 7.05 Å². The van der Waals surface area contributed by atoms with Gasteiger partial charge in [-0.05, 0) is 20.3 Å². The Kier molecular flexibility index (Phi) is 5.06. The van der Waals surface area contributed by atoms with Crippen LogP contribution in [0.25, 0.3) is 0 Å². The van der Waals surface area contributed by atoms with E-state index in [9.17, 15) is 13.9 Å². The predicted octanol–water partition coefficient (Wildman–Crippen LogP) is 2.33. The van der Waals surface area contributed by atoms with Gasteiger partial charge in [-0.3, -0.25) is 9.58 Å². The first-order valence-electron chi connectivity index (χ1n) is 8.35. The zero-order valence-electron chi connectivity index (χ0n) is 14.7. The van der Waals surface area contributed by atoms with Crippen LogP contribution in [0, 0.1) is 25.5 Å². The van der Waals surface area contributed by atoms with Crippen molar-refractivity contribution in [3.63, 3.8) is 0 Å². The van der Waals surface area contributed by atoms with Crippen LogP contribution in [0.1, 0.15) is 23.4 Å². The first-order chi connectivity index (χ1) is 11.8. The van der Waals surface area contributed by atoms with Gasteiger partial charge in [-0.25, -0.2) is 8.78 Å². The van der Waals surface area contributed by atoms with Gasteiger partial charge < -0.3 is 9.84 Å². The maximum absolute atomic E-state index is 13.3. The SMILES string of the molecule is Cc1nn(C)c(C)c1CN1CC[C@@H](Oc2cc(F)cc(F)c2)[C@H](O)C1. The number of benzene rings is 1. The predicted molar refractivity (Wildman–Crippen MR) is 89.4 cm³/mol. The summed E-state index contributed by atoms with van der Waals surface area (Å²) in [7, 11) is 1.92. The maximum Gasteiger partial charge on any atom is 0.129 e. The van der Waals surface area contributed by atoms with Crippen LogP contribution < -0.4 is 4.74 Å². The largest absolute Gasteiger partial charge is 0.487 e. The number of ether oxygens (including phenoxy) is 1. The van der Waals surface area contributed by atoms with E-state index >= 15 is 0 Å². The fraction of sp³-hybridized carbons (Fsp3) is 0.500. The van der Waals surface area contributed by atoms with Crippen LogP contribution >= 0.6 is 0 Å². The van der Waals surface area contributed by atoms with Crippen LogP contribution in [-0.4, -0.2) is 45.1 Å². The fourth-order valence-corrected chi connectivity index (χ4v) is 3.30.